The van der Waals surface area contributed by atoms with E-state index < -0.39 is 18.1 Å². The summed E-state index contributed by atoms with van der Waals surface area (Å²) in [6.45, 7) is 2.47. The van der Waals surface area contributed by atoms with Gasteiger partial charge in [-0.1, -0.05) is 13.3 Å². The van der Waals surface area contributed by atoms with Crippen molar-refractivity contribution in [2.45, 2.75) is 44.8 Å². The summed E-state index contributed by atoms with van der Waals surface area (Å²) < 4.78 is 5.17. The van der Waals surface area contributed by atoms with E-state index >= 15 is 0 Å². The number of carbonyl (C=O) groups excluding carboxylic acids is 1. The monoisotopic (exact) mass is 215 g/mol. The first-order chi connectivity index (χ1) is 7.15. The van der Waals surface area contributed by atoms with Crippen molar-refractivity contribution in [2.24, 2.45) is 0 Å². The average molecular weight is 215 g/mol. The Labute approximate surface area is 88.8 Å². The van der Waals surface area contributed by atoms with Gasteiger partial charge in [-0.15, -0.1) is 0 Å². The lowest BCUT2D eigenvalue weighted by molar-refractivity contribution is -0.143. The molecule has 0 radical (unpaired) electrons. The van der Waals surface area contributed by atoms with Crippen LogP contribution in [0.5, 0.6) is 0 Å². The van der Waals surface area contributed by atoms with Crippen LogP contribution in [0.2, 0.25) is 0 Å². The van der Waals surface area contributed by atoms with Crippen molar-refractivity contribution >= 4 is 11.9 Å². The van der Waals surface area contributed by atoms with Crippen LogP contribution in [-0.2, 0) is 14.3 Å². The van der Waals surface area contributed by atoms with Gasteiger partial charge >= 0.3 is 5.97 Å². The summed E-state index contributed by atoms with van der Waals surface area (Å²) in [6, 6.07) is -0.785. The summed E-state index contributed by atoms with van der Waals surface area (Å²) in [5.41, 5.74) is 0. The quantitative estimate of drug-likeness (QED) is 0.701. The third kappa shape index (κ3) is 3.51. The smallest absolute Gasteiger partial charge is 0.326 e. The fourth-order valence-corrected chi connectivity index (χ4v) is 1.60. The average Bonchev–Trinajstić information content (AvgIpc) is 2.69. The first-order valence-electron chi connectivity index (χ1n) is 5.30. The molecule has 2 unspecified atom stereocenters. The number of hydrogen-bond acceptors (Lipinski definition) is 3. The van der Waals surface area contributed by atoms with Gasteiger partial charge in [0.15, 0.2) is 0 Å². The predicted molar refractivity (Wildman–Crippen MR) is 53.4 cm³/mol. The van der Waals surface area contributed by atoms with Crippen LogP contribution in [-0.4, -0.2) is 35.7 Å². The maximum Gasteiger partial charge on any atom is 0.326 e. The number of carbonyl (C=O) groups is 2. The Balaban J connectivity index is 2.42. The highest BCUT2D eigenvalue weighted by molar-refractivity contribution is 5.86. The molecule has 1 fully saturated rings. The number of rotatable bonds is 5. The van der Waals surface area contributed by atoms with E-state index in [-0.39, 0.29) is 5.91 Å². The summed E-state index contributed by atoms with van der Waals surface area (Å²) in [5.74, 6) is -1.28. The van der Waals surface area contributed by atoms with E-state index in [2.05, 4.69) is 5.32 Å². The minimum atomic E-state index is -0.983. The molecule has 0 aromatic carbocycles. The molecule has 0 aromatic heterocycles. The molecule has 1 saturated heterocycles. The maximum absolute atomic E-state index is 11.5. The Morgan fingerprint density at radius 2 is 2.33 bits per heavy atom. The normalized spacial score (nSPS) is 22.3. The van der Waals surface area contributed by atoms with Crippen LogP contribution < -0.4 is 5.32 Å². The van der Waals surface area contributed by atoms with Crippen LogP contribution in [0.15, 0.2) is 0 Å². The standard InChI is InChI=1S/C10H17NO4/c1-2-4-7(10(13)14)11-9(12)8-5-3-6-15-8/h7-8H,2-6H2,1H3,(H,11,12)(H,13,14). The summed E-state index contributed by atoms with van der Waals surface area (Å²) in [4.78, 5) is 22.3. The molecule has 5 nitrogen and oxygen atoms in total. The molecule has 1 amide bonds. The van der Waals surface area contributed by atoms with Gasteiger partial charge in [0, 0.05) is 6.61 Å². The van der Waals surface area contributed by atoms with Crippen LogP contribution in [0, 0.1) is 0 Å². The molecule has 0 spiro atoms. The van der Waals surface area contributed by atoms with E-state index in [1.165, 1.54) is 0 Å². The molecule has 0 aromatic rings. The van der Waals surface area contributed by atoms with Gasteiger partial charge in [-0.2, -0.15) is 0 Å². The van der Waals surface area contributed by atoms with Crippen molar-refractivity contribution in [3.8, 4) is 0 Å². The topological polar surface area (TPSA) is 75.6 Å². The van der Waals surface area contributed by atoms with Crippen molar-refractivity contribution in [3.63, 3.8) is 0 Å². The molecule has 86 valence electrons. The Morgan fingerprint density at radius 3 is 2.80 bits per heavy atom. The van der Waals surface area contributed by atoms with Gasteiger partial charge in [0.25, 0.3) is 0 Å². The Hall–Kier alpha value is -1.10. The van der Waals surface area contributed by atoms with Gasteiger partial charge in [-0.3, -0.25) is 4.79 Å². The van der Waals surface area contributed by atoms with Crippen LogP contribution in [0.3, 0.4) is 0 Å². The zero-order valence-corrected chi connectivity index (χ0v) is 8.86. The predicted octanol–water partition coefficient (Wildman–Crippen LogP) is 0.535. The summed E-state index contributed by atoms with van der Waals surface area (Å²) in [6.07, 6.45) is 2.27. The van der Waals surface area contributed by atoms with E-state index in [1.54, 1.807) is 0 Å². The molecule has 1 rings (SSSR count). The Morgan fingerprint density at radius 1 is 1.60 bits per heavy atom. The van der Waals surface area contributed by atoms with E-state index in [4.69, 9.17) is 9.84 Å². The molecule has 1 aliphatic rings. The van der Waals surface area contributed by atoms with Crippen molar-refractivity contribution in [1.29, 1.82) is 0 Å². The minimum Gasteiger partial charge on any atom is -0.480 e. The lowest BCUT2D eigenvalue weighted by Crippen LogP contribution is -2.45. The minimum absolute atomic E-state index is 0.298. The number of carboxylic acids is 1. The zero-order chi connectivity index (χ0) is 11.3. The van der Waals surface area contributed by atoms with Crippen molar-refractivity contribution < 1.29 is 19.4 Å². The highest BCUT2D eigenvalue weighted by Gasteiger charge is 2.27. The molecule has 0 aliphatic carbocycles. The summed E-state index contributed by atoms with van der Waals surface area (Å²) >= 11 is 0. The van der Waals surface area contributed by atoms with Gasteiger partial charge in [0.1, 0.15) is 12.1 Å². The SMILES string of the molecule is CCCC(NC(=O)C1CCCO1)C(=O)O. The fraction of sp³-hybridized carbons (Fsp3) is 0.800. The van der Waals surface area contributed by atoms with E-state index in [9.17, 15) is 9.59 Å². The van der Waals surface area contributed by atoms with Crippen LogP contribution in [0.25, 0.3) is 0 Å². The lowest BCUT2D eigenvalue weighted by Gasteiger charge is -2.16. The zero-order valence-electron chi connectivity index (χ0n) is 8.86. The van der Waals surface area contributed by atoms with E-state index in [0.717, 1.165) is 12.8 Å². The van der Waals surface area contributed by atoms with Gasteiger partial charge in [0.2, 0.25) is 5.91 Å². The third-order valence-electron chi connectivity index (χ3n) is 2.41. The van der Waals surface area contributed by atoms with Crippen LogP contribution in [0.4, 0.5) is 0 Å². The molecule has 0 bridgehead atoms. The molecular weight excluding hydrogens is 198 g/mol. The molecule has 5 heteroatoms. The van der Waals surface area contributed by atoms with Crippen LogP contribution >= 0.6 is 0 Å². The molecule has 2 N–H and O–H groups in total. The number of ether oxygens (including phenoxy) is 1. The number of aliphatic carboxylic acids is 1. The second-order valence-corrected chi connectivity index (χ2v) is 3.69. The molecule has 2 atom stereocenters. The molecule has 1 aliphatic heterocycles. The summed E-state index contributed by atoms with van der Waals surface area (Å²) in [5, 5.41) is 11.3. The number of hydrogen-bond donors (Lipinski definition) is 2. The molecule has 15 heavy (non-hydrogen) atoms. The lowest BCUT2D eigenvalue weighted by atomic mass is 10.1. The van der Waals surface area contributed by atoms with Gasteiger partial charge in [-0.05, 0) is 19.3 Å². The van der Waals surface area contributed by atoms with Gasteiger partial charge < -0.3 is 15.2 Å². The Bertz CT molecular complexity index is 236. The maximum atomic E-state index is 11.5. The highest BCUT2D eigenvalue weighted by atomic mass is 16.5. The van der Waals surface area contributed by atoms with Gasteiger partial charge in [-0.25, -0.2) is 4.79 Å². The first-order valence-corrected chi connectivity index (χ1v) is 5.30. The number of amides is 1. The molecular formula is C10H17NO4. The van der Waals surface area contributed by atoms with Crippen molar-refractivity contribution in [2.75, 3.05) is 6.61 Å². The van der Waals surface area contributed by atoms with Crippen molar-refractivity contribution in [1.82, 2.24) is 5.32 Å². The highest BCUT2D eigenvalue weighted by Crippen LogP contribution is 2.12. The Kier molecular flexibility index (Phi) is 4.55. The largest absolute Gasteiger partial charge is 0.480 e. The van der Waals surface area contributed by atoms with Crippen molar-refractivity contribution in [3.05, 3.63) is 0 Å². The second-order valence-electron chi connectivity index (χ2n) is 3.69. The third-order valence-corrected chi connectivity index (χ3v) is 2.41. The molecule has 1 heterocycles. The first kappa shape index (κ1) is 12.0. The number of nitrogens with one attached hydrogen (secondary N) is 1. The van der Waals surface area contributed by atoms with E-state index in [1.807, 2.05) is 6.92 Å². The fourth-order valence-electron chi connectivity index (χ4n) is 1.60. The number of carboxylic acid groups (broad SMARTS) is 1. The second kappa shape index (κ2) is 5.70. The van der Waals surface area contributed by atoms with Crippen LogP contribution in [0.1, 0.15) is 32.6 Å². The molecule has 0 saturated carbocycles. The summed E-state index contributed by atoms with van der Waals surface area (Å²) in [7, 11) is 0. The van der Waals surface area contributed by atoms with E-state index in [0.29, 0.717) is 19.4 Å². The van der Waals surface area contributed by atoms with Gasteiger partial charge in [0.05, 0.1) is 0 Å².